The van der Waals surface area contributed by atoms with Crippen LogP contribution in [0.5, 0.6) is 0 Å². The first kappa shape index (κ1) is 9.74. The molecule has 1 heterocycles. The van der Waals surface area contributed by atoms with Gasteiger partial charge < -0.3 is 4.90 Å². The maximum atomic E-state index is 7.37. The van der Waals surface area contributed by atoms with Crippen molar-refractivity contribution in [2.75, 3.05) is 7.05 Å². The van der Waals surface area contributed by atoms with E-state index >= 15 is 0 Å². The summed E-state index contributed by atoms with van der Waals surface area (Å²) in [5, 5.41) is 9.47. The fourth-order valence-corrected chi connectivity index (χ4v) is 2.02. The molecular weight excluding hydrogens is 236 g/mol. The first-order chi connectivity index (χ1) is 5.59. The Labute approximate surface area is 84.8 Å². The number of hydrogen-bond donors (Lipinski definition) is 1. The maximum absolute atomic E-state index is 7.37. The van der Waals surface area contributed by atoms with Crippen LogP contribution in [0.15, 0.2) is 15.2 Å². The molecule has 0 saturated carbocycles. The van der Waals surface area contributed by atoms with Gasteiger partial charge in [-0.1, -0.05) is 0 Å². The van der Waals surface area contributed by atoms with Crippen LogP contribution in [0.2, 0.25) is 0 Å². The van der Waals surface area contributed by atoms with E-state index in [1.165, 1.54) is 5.56 Å². The van der Waals surface area contributed by atoms with Gasteiger partial charge in [-0.15, -0.1) is 11.3 Å². The van der Waals surface area contributed by atoms with Gasteiger partial charge in [-0.2, -0.15) is 0 Å². The molecule has 0 aliphatic rings. The number of rotatable bonds is 2. The van der Waals surface area contributed by atoms with E-state index < -0.39 is 0 Å². The van der Waals surface area contributed by atoms with E-state index in [9.17, 15) is 0 Å². The minimum Gasteiger partial charge on any atom is -0.359 e. The van der Waals surface area contributed by atoms with Crippen molar-refractivity contribution < 1.29 is 0 Å². The maximum Gasteiger partial charge on any atom is 0.0926 e. The normalized spacial score (nSPS) is 9.92. The Morgan fingerprint density at radius 2 is 2.42 bits per heavy atom. The number of amidine groups is 1. The van der Waals surface area contributed by atoms with E-state index in [2.05, 4.69) is 27.4 Å². The van der Waals surface area contributed by atoms with E-state index in [-0.39, 0.29) is 0 Å². The highest BCUT2D eigenvalue weighted by Gasteiger charge is 2.01. The van der Waals surface area contributed by atoms with Gasteiger partial charge in [0.2, 0.25) is 0 Å². The molecule has 1 aromatic heterocycles. The molecule has 0 spiro atoms. The minimum atomic E-state index is 0.595. The Balaban J connectivity index is 2.58. The van der Waals surface area contributed by atoms with Crippen molar-refractivity contribution in [2.24, 2.45) is 0 Å². The first-order valence-corrected chi connectivity index (χ1v) is 5.26. The van der Waals surface area contributed by atoms with Crippen LogP contribution in [0.3, 0.4) is 0 Å². The van der Waals surface area contributed by atoms with Gasteiger partial charge >= 0.3 is 0 Å². The second-order valence-corrected chi connectivity index (χ2v) is 4.99. The molecule has 0 bridgehead atoms. The Kier molecular flexibility index (Phi) is 3.29. The third kappa shape index (κ3) is 2.60. The van der Waals surface area contributed by atoms with Gasteiger partial charge in [0.15, 0.2) is 0 Å². The zero-order valence-electron chi connectivity index (χ0n) is 7.10. The lowest BCUT2D eigenvalue weighted by Gasteiger charge is -2.15. The van der Waals surface area contributed by atoms with Crippen LogP contribution in [0.25, 0.3) is 0 Å². The Morgan fingerprint density at radius 3 is 2.83 bits per heavy atom. The summed E-state index contributed by atoms with van der Waals surface area (Å²) in [6.45, 7) is 2.61. The van der Waals surface area contributed by atoms with Crippen molar-refractivity contribution in [3.05, 3.63) is 20.8 Å². The van der Waals surface area contributed by atoms with Crippen LogP contribution in [0, 0.1) is 5.41 Å². The predicted molar refractivity (Wildman–Crippen MR) is 56.9 cm³/mol. The zero-order chi connectivity index (χ0) is 9.14. The Bertz CT molecular complexity index is 282. The Morgan fingerprint density at radius 1 is 1.75 bits per heavy atom. The van der Waals surface area contributed by atoms with Crippen molar-refractivity contribution in [1.29, 1.82) is 5.41 Å². The molecule has 0 atom stereocenters. The lowest BCUT2D eigenvalue weighted by Crippen LogP contribution is -2.22. The molecule has 0 aliphatic carbocycles. The summed E-state index contributed by atoms with van der Waals surface area (Å²) in [5.74, 6) is 0.595. The van der Waals surface area contributed by atoms with Gasteiger partial charge in [0.05, 0.1) is 9.62 Å². The molecule has 1 aromatic rings. The lowest BCUT2D eigenvalue weighted by molar-refractivity contribution is 0.495. The summed E-state index contributed by atoms with van der Waals surface area (Å²) in [6, 6.07) is 2.09. The topological polar surface area (TPSA) is 27.1 Å². The van der Waals surface area contributed by atoms with Gasteiger partial charge in [0.1, 0.15) is 0 Å². The quantitative estimate of drug-likeness (QED) is 0.631. The molecule has 0 unspecified atom stereocenters. The smallest absolute Gasteiger partial charge is 0.0926 e. The predicted octanol–water partition coefficient (Wildman–Crippen LogP) is 2.94. The molecule has 2 nitrogen and oxygen atoms in total. The number of nitrogens with one attached hydrogen (secondary N) is 1. The number of thiophene rings is 1. The average Bonchev–Trinajstić information content (AvgIpc) is 2.35. The summed E-state index contributed by atoms with van der Waals surface area (Å²) >= 11 is 5.08. The molecule has 1 N–H and O–H groups in total. The average molecular weight is 247 g/mol. The van der Waals surface area contributed by atoms with Crippen molar-refractivity contribution in [1.82, 2.24) is 4.90 Å². The molecule has 0 saturated heterocycles. The third-order valence-corrected chi connectivity index (χ3v) is 3.17. The molecule has 1 rings (SSSR count). The molecular formula is C8H11BrN2S. The standard InChI is InChI=1S/C8H11BrN2S/c1-6(10)11(2)4-7-3-8(9)12-5-7/h3,5,10H,4H2,1-2H3. The highest BCUT2D eigenvalue weighted by molar-refractivity contribution is 9.11. The number of hydrogen-bond acceptors (Lipinski definition) is 2. The van der Waals surface area contributed by atoms with Crippen LogP contribution in [-0.2, 0) is 6.54 Å². The largest absolute Gasteiger partial charge is 0.359 e. The van der Waals surface area contributed by atoms with Crippen LogP contribution in [0.4, 0.5) is 0 Å². The Hall–Kier alpha value is -0.350. The summed E-state index contributed by atoms with van der Waals surface area (Å²) in [6.07, 6.45) is 0. The molecule has 0 radical (unpaired) electrons. The molecule has 0 aliphatic heterocycles. The monoisotopic (exact) mass is 246 g/mol. The third-order valence-electron chi connectivity index (χ3n) is 1.61. The molecule has 0 fully saturated rings. The lowest BCUT2D eigenvalue weighted by atomic mass is 10.3. The van der Waals surface area contributed by atoms with E-state index in [1.807, 2.05) is 11.9 Å². The van der Waals surface area contributed by atoms with Crippen LogP contribution >= 0.6 is 27.3 Å². The number of halogens is 1. The molecule has 12 heavy (non-hydrogen) atoms. The first-order valence-electron chi connectivity index (χ1n) is 3.59. The van der Waals surface area contributed by atoms with E-state index in [4.69, 9.17) is 5.41 Å². The van der Waals surface area contributed by atoms with E-state index in [1.54, 1.807) is 18.3 Å². The van der Waals surface area contributed by atoms with Gasteiger partial charge in [0, 0.05) is 13.6 Å². The van der Waals surface area contributed by atoms with Crippen molar-refractivity contribution in [3.63, 3.8) is 0 Å². The second kappa shape index (κ2) is 4.05. The molecule has 0 amide bonds. The van der Waals surface area contributed by atoms with Crippen LogP contribution in [0.1, 0.15) is 12.5 Å². The van der Waals surface area contributed by atoms with Gasteiger partial charge in [-0.25, -0.2) is 0 Å². The van der Waals surface area contributed by atoms with Gasteiger partial charge in [0.25, 0.3) is 0 Å². The van der Waals surface area contributed by atoms with E-state index in [0.29, 0.717) is 5.84 Å². The van der Waals surface area contributed by atoms with Crippen LogP contribution < -0.4 is 0 Å². The molecule has 4 heteroatoms. The summed E-state index contributed by atoms with van der Waals surface area (Å²) in [5.41, 5.74) is 1.25. The van der Waals surface area contributed by atoms with Crippen LogP contribution in [-0.4, -0.2) is 17.8 Å². The summed E-state index contributed by atoms with van der Waals surface area (Å²) in [4.78, 5) is 1.91. The molecule has 0 aromatic carbocycles. The van der Waals surface area contributed by atoms with Crippen molar-refractivity contribution >= 4 is 33.1 Å². The van der Waals surface area contributed by atoms with Crippen molar-refractivity contribution in [2.45, 2.75) is 13.5 Å². The SMILES string of the molecule is CC(=N)N(C)Cc1csc(Br)c1. The van der Waals surface area contributed by atoms with E-state index in [0.717, 1.165) is 10.3 Å². The number of nitrogens with zero attached hydrogens (tertiary/aromatic N) is 1. The zero-order valence-corrected chi connectivity index (χ0v) is 9.50. The highest BCUT2D eigenvalue weighted by atomic mass is 79.9. The highest BCUT2D eigenvalue weighted by Crippen LogP contribution is 2.21. The summed E-state index contributed by atoms with van der Waals surface area (Å²) in [7, 11) is 1.92. The van der Waals surface area contributed by atoms with Crippen molar-refractivity contribution in [3.8, 4) is 0 Å². The molecule has 66 valence electrons. The fraction of sp³-hybridized carbons (Fsp3) is 0.375. The van der Waals surface area contributed by atoms with Gasteiger partial charge in [-0.05, 0) is 39.9 Å². The van der Waals surface area contributed by atoms with Gasteiger partial charge in [-0.3, -0.25) is 5.41 Å². The second-order valence-electron chi connectivity index (χ2n) is 2.70. The minimum absolute atomic E-state index is 0.595. The fourth-order valence-electron chi connectivity index (χ4n) is 0.821. The summed E-state index contributed by atoms with van der Waals surface area (Å²) < 4.78 is 1.15.